The Hall–Kier alpha value is -2.34. The highest BCUT2D eigenvalue weighted by Gasteiger charge is 2.21. The molecule has 0 aliphatic heterocycles. The zero-order valence-corrected chi connectivity index (χ0v) is 11.5. The number of aromatic nitrogens is 1. The Morgan fingerprint density at radius 2 is 1.85 bits per heavy atom. The van der Waals surface area contributed by atoms with Crippen molar-refractivity contribution in [3.05, 3.63) is 56.9 Å². The number of pyridine rings is 1. The molecule has 2 aromatic rings. The van der Waals surface area contributed by atoms with Crippen molar-refractivity contribution in [1.82, 2.24) is 4.98 Å². The van der Waals surface area contributed by atoms with Crippen LogP contribution in [-0.2, 0) is 12.8 Å². The fourth-order valence-corrected chi connectivity index (χ4v) is 3.05. The highest BCUT2D eigenvalue weighted by Crippen LogP contribution is 2.31. The van der Waals surface area contributed by atoms with E-state index in [1.807, 2.05) is 31.2 Å². The van der Waals surface area contributed by atoms with Crippen LogP contribution in [0.1, 0.15) is 35.1 Å². The third kappa shape index (κ3) is 1.94. The molecule has 0 spiro atoms. The Kier molecular flexibility index (Phi) is 3.15. The number of fused-ring (bicyclic) bond motifs is 1. The third-order valence-corrected chi connectivity index (χ3v) is 4.06. The van der Waals surface area contributed by atoms with Gasteiger partial charge in [-0.1, -0.05) is 24.3 Å². The Morgan fingerprint density at radius 3 is 2.55 bits per heavy atom. The number of rotatable bonds is 1. The molecule has 20 heavy (non-hydrogen) atoms. The van der Waals surface area contributed by atoms with E-state index in [1.54, 1.807) is 0 Å². The predicted octanol–water partition coefficient (Wildman–Crippen LogP) is 3.10. The summed E-state index contributed by atoms with van der Waals surface area (Å²) in [6.45, 7) is 2.04. The first kappa shape index (κ1) is 12.7. The lowest BCUT2D eigenvalue weighted by atomic mass is 9.86. The summed E-state index contributed by atoms with van der Waals surface area (Å²) >= 11 is 0. The molecule has 0 saturated carbocycles. The molecular formula is C17H16N2O. The maximum absolute atomic E-state index is 12.1. The van der Waals surface area contributed by atoms with Gasteiger partial charge in [0.1, 0.15) is 11.6 Å². The fraction of sp³-hybridized carbons (Fsp3) is 0.294. The van der Waals surface area contributed by atoms with E-state index in [9.17, 15) is 10.1 Å². The van der Waals surface area contributed by atoms with Crippen molar-refractivity contribution in [3.8, 4) is 17.3 Å². The average molecular weight is 264 g/mol. The number of hydrogen-bond donors (Lipinski definition) is 1. The number of nitrogens with zero attached hydrogens (tertiary/aromatic N) is 1. The first-order valence-electron chi connectivity index (χ1n) is 6.96. The lowest BCUT2D eigenvalue weighted by molar-refractivity contribution is 0.680. The van der Waals surface area contributed by atoms with Crippen molar-refractivity contribution in [2.24, 2.45) is 0 Å². The topological polar surface area (TPSA) is 56.6 Å². The molecule has 3 nitrogen and oxygen atoms in total. The van der Waals surface area contributed by atoms with E-state index in [0.29, 0.717) is 5.56 Å². The van der Waals surface area contributed by atoms with Crippen molar-refractivity contribution in [1.29, 1.82) is 5.26 Å². The molecule has 1 aliphatic rings. The smallest absolute Gasteiger partial charge is 0.266 e. The van der Waals surface area contributed by atoms with E-state index in [4.69, 9.17) is 0 Å². The second kappa shape index (κ2) is 4.97. The molecule has 0 atom stereocenters. The van der Waals surface area contributed by atoms with Crippen molar-refractivity contribution in [2.75, 3.05) is 0 Å². The minimum Gasteiger partial charge on any atom is -0.321 e. The van der Waals surface area contributed by atoms with Crippen LogP contribution in [0.2, 0.25) is 0 Å². The summed E-state index contributed by atoms with van der Waals surface area (Å²) in [5, 5.41) is 9.22. The number of nitrogens with one attached hydrogen (secondary N) is 1. The normalized spacial score (nSPS) is 13.6. The molecule has 0 radical (unpaired) electrons. The summed E-state index contributed by atoms with van der Waals surface area (Å²) in [6, 6.07) is 10.1. The van der Waals surface area contributed by atoms with Gasteiger partial charge in [0.2, 0.25) is 0 Å². The molecule has 1 N–H and O–H groups in total. The predicted molar refractivity (Wildman–Crippen MR) is 78.6 cm³/mol. The Bertz CT molecular complexity index is 766. The zero-order chi connectivity index (χ0) is 14.1. The lowest BCUT2D eigenvalue weighted by Crippen LogP contribution is -2.20. The summed E-state index contributed by atoms with van der Waals surface area (Å²) < 4.78 is 0. The van der Waals surface area contributed by atoms with Crippen LogP contribution in [0.15, 0.2) is 29.1 Å². The van der Waals surface area contributed by atoms with Crippen LogP contribution in [0.25, 0.3) is 11.3 Å². The van der Waals surface area contributed by atoms with Crippen LogP contribution in [0.3, 0.4) is 0 Å². The number of hydrogen-bond acceptors (Lipinski definition) is 2. The van der Waals surface area contributed by atoms with Gasteiger partial charge in [-0.05, 0) is 49.3 Å². The fourth-order valence-electron chi connectivity index (χ4n) is 3.05. The van der Waals surface area contributed by atoms with Crippen molar-refractivity contribution in [3.63, 3.8) is 0 Å². The van der Waals surface area contributed by atoms with Crippen LogP contribution >= 0.6 is 0 Å². The molecule has 0 amide bonds. The number of aryl methyl sites for hydroxylation is 1. The lowest BCUT2D eigenvalue weighted by Gasteiger charge is -2.21. The summed E-state index contributed by atoms with van der Waals surface area (Å²) in [4.78, 5) is 15.1. The van der Waals surface area contributed by atoms with Gasteiger partial charge in [-0.2, -0.15) is 5.26 Å². The van der Waals surface area contributed by atoms with Crippen molar-refractivity contribution in [2.45, 2.75) is 32.6 Å². The van der Waals surface area contributed by atoms with E-state index in [-0.39, 0.29) is 5.56 Å². The molecule has 100 valence electrons. The highest BCUT2D eigenvalue weighted by molar-refractivity contribution is 5.69. The van der Waals surface area contributed by atoms with Crippen LogP contribution in [0, 0.1) is 18.3 Å². The molecule has 3 rings (SSSR count). The van der Waals surface area contributed by atoms with Crippen molar-refractivity contribution < 1.29 is 0 Å². The second-order valence-electron chi connectivity index (χ2n) is 5.30. The Morgan fingerprint density at radius 1 is 1.15 bits per heavy atom. The van der Waals surface area contributed by atoms with Crippen LogP contribution in [-0.4, -0.2) is 4.98 Å². The molecule has 1 heterocycles. The first-order chi connectivity index (χ1) is 9.72. The summed E-state index contributed by atoms with van der Waals surface area (Å²) in [6.07, 6.45) is 3.94. The monoisotopic (exact) mass is 264 g/mol. The molecule has 1 aromatic heterocycles. The van der Waals surface area contributed by atoms with Crippen LogP contribution < -0.4 is 5.56 Å². The molecule has 0 bridgehead atoms. The largest absolute Gasteiger partial charge is 0.321 e. The van der Waals surface area contributed by atoms with E-state index in [1.165, 1.54) is 0 Å². The quantitative estimate of drug-likeness (QED) is 0.860. The van der Waals surface area contributed by atoms with Gasteiger partial charge < -0.3 is 4.98 Å². The van der Waals surface area contributed by atoms with E-state index < -0.39 is 0 Å². The van der Waals surface area contributed by atoms with E-state index in [2.05, 4.69) is 11.1 Å². The van der Waals surface area contributed by atoms with E-state index in [0.717, 1.165) is 53.6 Å². The number of nitriles is 1. The molecule has 1 aromatic carbocycles. The van der Waals surface area contributed by atoms with Crippen LogP contribution in [0.5, 0.6) is 0 Å². The maximum Gasteiger partial charge on any atom is 0.266 e. The zero-order valence-electron chi connectivity index (χ0n) is 11.5. The molecule has 0 unspecified atom stereocenters. The highest BCUT2D eigenvalue weighted by atomic mass is 16.1. The summed E-state index contributed by atoms with van der Waals surface area (Å²) in [5.41, 5.74) is 5.26. The van der Waals surface area contributed by atoms with Crippen molar-refractivity contribution >= 4 is 0 Å². The first-order valence-corrected chi connectivity index (χ1v) is 6.96. The van der Waals surface area contributed by atoms with Gasteiger partial charge in [0.05, 0.1) is 5.69 Å². The molecular weight excluding hydrogens is 248 g/mol. The maximum atomic E-state index is 12.1. The van der Waals surface area contributed by atoms with Gasteiger partial charge in [0.25, 0.3) is 5.56 Å². The second-order valence-corrected chi connectivity index (χ2v) is 5.30. The molecule has 1 aliphatic carbocycles. The minimum absolute atomic E-state index is 0.258. The Balaban J connectivity index is 2.33. The van der Waals surface area contributed by atoms with Gasteiger partial charge in [-0.3, -0.25) is 4.79 Å². The number of aromatic amines is 1. The molecule has 0 fully saturated rings. The average Bonchev–Trinajstić information content (AvgIpc) is 2.47. The third-order valence-electron chi connectivity index (χ3n) is 4.06. The number of benzene rings is 1. The summed E-state index contributed by atoms with van der Waals surface area (Å²) in [7, 11) is 0. The molecule has 3 heteroatoms. The van der Waals surface area contributed by atoms with Crippen LogP contribution in [0.4, 0.5) is 0 Å². The SMILES string of the molecule is Cc1ccccc1-c1[nH]c(=O)c(C#N)c2c1CCCC2. The van der Waals surface area contributed by atoms with Gasteiger partial charge in [-0.25, -0.2) is 0 Å². The van der Waals surface area contributed by atoms with Gasteiger partial charge in [0.15, 0.2) is 0 Å². The number of H-pyrrole nitrogens is 1. The van der Waals surface area contributed by atoms with E-state index >= 15 is 0 Å². The van der Waals surface area contributed by atoms with Gasteiger partial charge in [0, 0.05) is 5.56 Å². The standard InChI is InChI=1S/C17H16N2O/c1-11-6-2-3-7-12(11)16-14-9-5-4-8-13(14)15(10-18)17(20)19-16/h2-3,6-7H,4-5,8-9H2,1H3,(H,19,20). The molecule has 0 saturated heterocycles. The van der Waals surface area contributed by atoms with Gasteiger partial charge >= 0.3 is 0 Å². The summed E-state index contributed by atoms with van der Waals surface area (Å²) in [5.74, 6) is 0. The van der Waals surface area contributed by atoms with Gasteiger partial charge in [-0.15, -0.1) is 0 Å². The Labute approximate surface area is 117 Å². The minimum atomic E-state index is -0.258.